The van der Waals surface area contributed by atoms with Gasteiger partial charge in [0, 0.05) is 31.4 Å². The van der Waals surface area contributed by atoms with Crippen LogP contribution in [0.2, 0.25) is 0 Å². The van der Waals surface area contributed by atoms with Crippen molar-refractivity contribution in [1.82, 2.24) is 5.32 Å². The number of anilines is 1. The zero-order chi connectivity index (χ0) is 16.2. The molecule has 1 saturated carbocycles. The second kappa shape index (κ2) is 7.44. The Kier molecular flexibility index (Phi) is 5.83. The molecule has 0 saturated heterocycles. The molecule has 6 heteroatoms. The Labute approximate surface area is 133 Å². The lowest BCUT2D eigenvalue weighted by atomic mass is 9.95. The van der Waals surface area contributed by atoms with Gasteiger partial charge in [-0.05, 0) is 44.7 Å². The number of primary sulfonamides is 1. The molecule has 0 aliphatic heterocycles. The molecule has 1 aliphatic carbocycles. The van der Waals surface area contributed by atoms with E-state index in [4.69, 9.17) is 5.14 Å². The van der Waals surface area contributed by atoms with Crippen LogP contribution in [0.15, 0.2) is 30.3 Å². The van der Waals surface area contributed by atoms with E-state index in [1.165, 1.54) is 5.69 Å². The molecule has 1 atom stereocenters. The van der Waals surface area contributed by atoms with E-state index in [9.17, 15) is 8.42 Å². The molecular formula is C16H27N3O2S. The van der Waals surface area contributed by atoms with Gasteiger partial charge in [0.05, 0.1) is 5.25 Å². The van der Waals surface area contributed by atoms with Crippen LogP contribution in [0, 0.1) is 0 Å². The molecule has 1 aliphatic rings. The first-order valence-electron chi connectivity index (χ1n) is 7.91. The molecule has 5 nitrogen and oxygen atoms in total. The van der Waals surface area contributed by atoms with Crippen molar-refractivity contribution in [3.05, 3.63) is 30.3 Å². The summed E-state index contributed by atoms with van der Waals surface area (Å²) in [6, 6.07) is 11.1. The molecule has 1 aromatic carbocycles. The van der Waals surface area contributed by atoms with Gasteiger partial charge in [0.25, 0.3) is 0 Å². The fourth-order valence-corrected chi connectivity index (χ4v) is 3.92. The van der Waals surface area contributed by atoms with E-state index >= 15 is 0 Å². The summed E-state index contributed by atoms with van der Waals surface area (Å²) >= 11 is 0. The summed E-state index contributed by atoms with van der Waals surface area (Å²) in [5, 5.41) is 8.44. The summed E-state index contributed by atoms with van der Waals surface area (Å²) in [4.78, 5) is 2.25. The van der Waals surface area contributed by atoms with Crippen LogP contribution >= 0.6 is 0 Å². The number of nitrogens with zero attached hydrogens (tertiary/aromatic N) is 1. The van der Waals surface area contributed by atoms with Crippen LogP contribution in [0.3, 0.4) is 0 Å². The summed E-state index contributed by atoms with van der Waals surface area (Å²) in [6.45, 7) is 3.08. The maximum Gasteiger partial charge on any atom is 0.211 e. The minimum Gasteiger partial charge on any atom is -0.371 e. The van der Waals surface area contributed by atoms with Gasteiger partial charge in [-0.3, -0.25) is 0 Å². The molecule has 22 heavy (non-hydrogen) atoms. The Morgan fingerprint density at radius 1 is 1.23 bits per heavy atom. The fraction of sp³-hybridized carbons (Fsp3) is 0.625. The highest BCUT2D eigenvalue weighted by molar-refractivity contribution is 7.89. The molecule has 2 rings (SSSR count). The Balaban J connectivity index is 1.77. The number of hydrogen-bond donors (Lipinski definition) is 2. The summed E-state index contributed by atoms with van der Waals surface area (Å²) in [7, 11) is -1.27. The average Bonchev–Trinajstić information content (AvgIpc) is 2.52. The van der Waals surface area contributed by atoms with Crippen LogP contribution in [0.1, 0.15) is 32.6 Å². The molecular weight excluding hydrogens is 298 g/mol. The average molecular weight is 325 g/mol. The number of sulfonamides is 1. The summed E-state index contributed by atoms with van der Waals surface area (Å²) in [5.74, 6) is 0. The molecule has 0 aromatic heterocycles. The van der Waals surface area contributed by atoms with E-state index < -0.39 is 10.0 Å². The van der Waals surface area contributed by atoms with Gasteiger partial charge >= 0.3 is 0 Å². The first-order chi connectivity index (χ1) is 10.4. The van der Waals surface area contributed by atoms with Crippen molar-refractivity contribution >= 4 is 15.7 Å². The number of nitrogens with two attached hydrogens (primary N) is 1. The minimum absolute atomic E-state index is 0.352. The van der Waals surface area contributed by atoms with E-state index in [0.29, 0.717) is 24.9 Å². The first kappa shape index (κ1) is 17.2. The third-order valence-corrected chi connectivity index (χ3v) is 6.07. The maximum atomic E-state index is 11.4. The lowest BCUT2D eigenvalue weighted by Crippen LogP contribution is -2.44. The summed E-state index contributed by atoms with van der Waals surface area (Å²) in [5.41, 5.74) is 1.20. The summed E-state index contributed by atoms with van der Waals surface area (Å²) < 4.78 is 22.7. The van der Waals surface area contributed by atoms with E-state index in [1.807, 2.05) is 18.2 Å². The maximum absolute atomic E-state index is 11.4. The van der Waals surface area contributed by atoms with Gasteiger partial charge in [-0.1, -0.05) is 18.2 Å². The van der Waals surface area contributed by atoms with Gasteiger partial charge in [-0.15, -0.1) is 0 Å². The van der Waals surface area contributed by atoms with Crippen LogP contribution in [0.4, 0.5) is 5.69 Å². The molecule has 1 fully saturated rings. The Morgan fingerprint density at radius 3 is 2.36 bits per heavy atom. The van der Waals surface area contributed by atoms with Crippen molar-refractivity contribution in [2.24, 2.45) is 5.14 Å². The predicted octanol–water partition coefficient (Wildman–Crippen LogP) is 1.70. The van der Waals surface area contributed by atoms with Crippen LogP contribution in [0.5, 0.6) is 0 Å². The number of benzene rings is 1. The lowest BCUT2D eigenvalue weighted by molar-refractivity contribution is 0.364. The van der Waals surface area contributed by atoms with Crippen LogP contribution in [-0.2, 0) is 10.0 Å². The van der Waals surface area contributed by atoms with Crippen molar-refractivity contribution in [3.63, 3.8) is 0 Å². The molecule has 0 heterocycles. The smallest absolute Gasteiger partial charge is 0.211 e. The van der Waals surface area contributed by atoms with E-state index in [2.05, 4.69) is 36.3 Å². The van der Waals surface area contributed by atoms with Crippen LogP contribution < -0.4 is 15.4 Å². The Morgan fingerprint density at radius 2 is 1.82 bits per heavy atom. The Hall–Kier alpha value is -1.11. The number of hydrogen-bond acceptors (Lipinski definition) is 4. The van der Waals surface area contributed by atoms with Crippen LogP contribution in [-0.4, -0.2) is 39.3 Å². The standard InChI is InChI=1S/C16H27N3O2S/c1-13(19(2)15-6-4-3-5-7-15)12-18-14-8-10-16(11-9-14)22(17,20)21/h3-7,13-14,16,18H,8-12H2,1-2H3,(H2,17,20,21). The zero-order valence-electron chi connectivity index (χ0n) is 13.4. The molecule has 1 unspecified atom stereocenters. The first-order valence-corrected chi connectivity index (χ1v) is 9.51. The van der Waals surface area contributed by atoms with Crippen LogP contribution in [0.25, 0.3) is 0 Å². The third-order valence-electron chi connectivity index (χ3n) is 4.67. The highest BCUT2D eigenvalue weighted by Crippen LogP contribution is 2.23. The molecule has 3 N–H and O–H groups in total. The minimum atomic E-state index is -3.37. The molecule has 0 radical (unpaired) electrons. The predicted molar refractivity (Wildman–Crippen MR) is 91.5 cm³/mol. The number of rotatable bonds is 6. The van der Waals surface area contributed by atoms with Gasteiger partial charge in [-0.25, -0.2) is 13.6 Å². The van der Waals surface area contributed by atoms with Crippen molar-refractivity contribution in [2.75, 3.05) is 18.5 Å². The SMILES string of the molecule is CC(CNC1CCC(S(N)(=O)=O)CC1)N(C)c1ccccc1. The molecule has 124 valence electrons. The van der Waals surface area contributed by atoms with Gasteiger partial charge in [0.1, 0.15) is 0 Å². The highest BCUT2D eigenvalue weighted by Gasteiger charge is 2.28. The lowest BCUT2D eigenvalue weighted by Gasteiger charge is -2.32. The second-order valence-electron chi connectivity index (χ2n) is 6.27. The third kappa shape index (κ3) is 4.69. The van der Waals surface area contributed by atoms with Gasteiger partial charge in [0.15, 0.2) is 0 Å². The number of para-hydroxylation sites is 1. The monoisotopic (exact) mass is 325 g/mol. The Bertz CT molecular complexity index is 554. The zero-order valence-corrected chi connectivity index (χ0v) is 14.2. The topological polar surface area (TPSA) is 75.4 Å². The largest absolute Gasteiger partial charge is 0.371 e. The van der Waals surface area contributed by atoms with Crippen molar-refractivity contribution < 1.29 is 8.42 Å². The van der Waals surface area contributed by atoms with E-state index in [0.717, 1.165) is 19.4 Å². The van der Waals surface area contributed by atoms with Gasteiger partial charge in [-0.2, -0.15) is 0 Å². The highest BCUT2D eigenvalue weighted by atomic mass is 32.2. The molecule has 0 amide bonds. The molecule has 1 aromatic rings. The molecule has 0 bridgehead atoms. The van der Waals surface area contributed by atoms with Crippen molar-refractivity contribution in [3.8, 4) is 0 Å². The number of likely N-dealkylation sites (N-methyl/N-ethyl adjacent to an activating group) is 1. The second-order valence-corrected chi connectivity index (χ2v) is 8.11. The quantitative estimate of drug-likeness (QED) is 0.835. The normalized spacial score (nSPS) is 24.0. The molecule has 0 spiro atoms. The van der Waals surface area contributed by atoms with Gasteiger partial charge < -0.3 is 10.2 Å². The van der Waals surface area contributed by atoms with Crippen molar-refractivity contribution in [1.29, 1.82) is 0 Å². The van der Waals surface area contributed by atoms with E-state index in [1.54, 1.807) is 0 Å². The van der Waals surface area contributed by atoms with Gasteiger partial charge in [0.2, 0.25) is 10.0 Å². The van der Waals surface area contributed by atoms with Crippen molar-refractivity contribution in [2.45, 2.75) is 49.9 Å². The van der Waals surface area contributed by atoms with E-state index in [-0.39, 0.29) is 5.25 Å². The number of nitrogens with one attached hydrogen (secondary N) is 1. The summed E-state index contributed by atoms with van der Waals surface area (Å²) in [6.07, 6.45) is 3.09. The fourth-order valence-electron chi connectivity index (χ4n) is 2.99.